The quantitative estimate of drug-likeness (QED) is 0.594. The number of nitrogens with one attached hydrogen (secondary N) is 2. The van der Waals surface area contributed by atoms with Crippen LogP contribution in [0.3, 0.4) is 0 Å². The fraction of sp³-hybridized carbons (Fsp3) is 0.680. The van der Waals surface area contributed by atoms with Crippen molar-refractivity contribution < 1.29 is 4.79 Å². The molecule has 7 heteroatoms. The number of amides is 1. The summed E-state index contributed by atoms with van der Waals surface area (Å²) in [6, 6.07) is 5.94. The Labute approximate surface area is 202 Å². The van der Waals surface area contributed by atoms with Gasteiger partial charge >= 0.3 is 0 Å². The molecule has 174 valence electrons. The molecule has 1 saturated heterocycles. The summed E-state index contributed by atoms with van der Waals surface area (Å²) in [7, 11) is 0. The molecule has 1 aromatic rings. The molecule has 5 aliphatic rings. The molecule has 4 bridgehead atoms. The molecule has 5 nitrogen and oxygen atoms in total. The molecule has 0 atom stereocenters. The summed E-state index contributed by atoms with van der Waals surface area (Å²) < 4.78 is 0. The van der Waals surface area contributed by atoms with Crippen molar-refractivity contribution in [1.29, 1.82) is 0 Å². The third-order valence-electron chi connectivity index (χ3n) is 8.32. The molecule has 2 N–H and O–H groups in total. The minimum absolute atomic E-state index is 0.0564. The fourth-order valence-electron chi connectivity index (χ4n) is 7.33. The largest absolute Gasteiger partial charge is 0.368 e. The minimum atomic E-state index is 0.0564. The Morgan fingerprint density at radius 3 is 2.28 bits per heavy atom. The molecule has 6 rings (SSSR count). The van der Waals surface area contributed by atoms with Crippen LogP contribution in [0.5, 0.6) is 0 Å². The molecular formula is C25H35ClN4OS. The zero-order valence-corrected chi connectivity index (χ0v) is 20.6. The van der Waals surface area contributed by atoms with Gasteiger partial charge in [0.2, 0.25) is 5.91 Å². The Balaban J connectivity index is 1.14. The standard InChI is InChI=1S/C25H35ClN4OS/c1-2-29-5-7-30(8-6-29)22-4-3-20(12-21(22)26)27-24(32)28-23(31)16-25-13-17-9-18(14-25)11-19(10-17)15-25/h3-4,12,17-19H,2,5-11,13-16H2,1H3,(H2,27,28,31,32). The summed E-state index contributed by atoms with van der Waals surface area (Å²) in [5, 5.41) is 7.16. The van der Waals surface area contributed by atoms with Crippen LogP contribution in [-0.4, -0.2) is 48.6 Å². The summed E-state index contributed by atoms with van der Waals surface area (Å²) in [6.07, 6.45) is 8.49. The van der Waals surface area contributed by atoms with Gasteiger partial charge in [0.05, 0.1) is 10.7 Å². The van der Waals surface area contributed by atoms with Crippen LogP contribution in [0.1, 0.15) is 51.9 Å². The van der Waals surface area contributed by atoms with Crippen molar-refractivity contribution in [2.75, 3.05) is 42.9 Å². The second-order valence-corrected chi connectivity index (χ2v) is 11.5. The lowest BCUT2D eigenvalue weighted by Gasteiger charge is -2.56. The molecule has 0 radical (unpaired) electrons. The van der Waals surface area contributed by atoms with Crippen molar-refractivity contribution in [1.82, 2.24) is 10.2 Å². The topological polar surface area (TPSA) is 47.6 Å². The molecule has 1 amide bonds. The van der Waals surface area contributed by atoms with Crippen LogP contribution in [0.4, 0.5) is 11.4 Å². The third-order valence-corrected chi connectivity index (χ3v) is 8.83. The van der Waals surface area contributed by atoms with Gasteiger partial charge in [-0.2, -0.15) is 0 Å². The van der Waals surface area contributed by atoms with Crippen molar-refractivity contribution in [3.63, 3.8) is 0 Å². The highest BCUT2D eigenvalue weighted by molar-refractivity contribution is 7.80. The molecule has 0 unspecified atom stereocenters. The number of piperazine rings is 1. The van der Waals surface area contributed by atoms with Gasteiger partial charge in [0.1, 0.15) is 0 Å². The number of carbonyl (C=O) groups is 1. The zero-order chi connectivity index (χ0) is 22.3. The van der Waals surface area contributed by atoms with Gasteiger partial charge in [-0.05, 0) is 98.7 Å². The Morgan fingerprint density at radius 1 is 1.09 bits per heavy atom. The average Bonchev–Trinajstić information content (AvgIpc) is 2.72. The van der Waals surface area contributed by atoms with Crippen molar-refractivity contribution >= 4 is 46.2 Å². The first-order chi connectivity index (χ1) is 15.4. The number of carbonyl (C=O) groups excluding carboxylic acids is 1. The van der Waals surface area contributed by atoms with Gasteiger partial charge in [-0.3, -0.25) is 4.79 Å². The molecule has 4 saturated carbocycles. The van der Waals surface area contributed by atoms with Crippen LogP contribution in [0.25, 0.3) is 0 Å². The second kappa shape index (κ2) is 9.11. The van der Waals surface area contributed by atoms with Gasteiger partial charge in [0.25, 0.3) is 0 Å². The minimum Gasteiger partial charge on any atom is -0.368 e. The summed E-state index contributed by atoms with van der Waals surface area (Å²) >= 11 is 12.0. The van der Waals surface area contributed by atoms with Gasteiger partial charge in [-0.15, -0.1) is 0 Å². The van der Waals surface area contributed by atoms with Gasteiger partial charge in [0.15, 0.2) is 5.11 Å². The lowest BCUT2D eigenvalue weighted by atomic mass is 9.49. The Kier molecular flexibility index (Phi) is 6.38. The van der Waals surface area contributed by atoms with Crippen LogP contribution in [0, 0.1) is 23.2 Å². The lowest BCUT2D eigenvalue weighted by molar-refractivity contribution is -0.127. The monoisotopic (exact) mass is 474 g/mol. The van der Waals surface area contributed by atoms with Crippen LogP contribution >= 0.6 is 23.8 Å². The highest BCUT2D eigenvalue weighted by Crippen LogP contribution is 2.61. The molecular weight excluding hydrogens is 440 g/mol. The van der Waals surface area contributed by atoms with E-state index in [4.69, 9.17) is 23.8 Å². The predicted molar refractivity (Wildman–Crippen MR) is 135 cm³/mol. The van der Waals surface area contributed by atoms with Crippen LogP contribution in [0.2, 0.25) is 5.02 Å². The van der Waals surface area contributed by atoms with Gasteiger partial charge < -0.3 is 20.4 Å². The van der Waals surface area contributed by atoms with Crippen molar-refractivity contribution in [2.24, 2.45) is 23.2 Å². The maximum atomic E-state index is 12.8. The van der Waals surface area contributed by atoms with E-state index in [1.165, 1.54) is 38.5 Å². The number of likely N-dealkylation sites (N-methyl/N-ethyl adjacent to an activating group) is 1. The number of thiocarbonyl (C=S) groups is 1. The molecule has 4 aliphatic carbocycles. The summed E-state index contributed by atoms with van der Waals surface area (Å²) in [5.74, 6) is 2.61. The molecule has 1 aliphatic heterocycles. The molecule has 32 heavy (non-hydrogen) atoms. The number of halogens is 1. The van der Waals surface area contributed by atoms with Gasteiger partial charge in [-0.25, -0.2) is 0 Å². The first kappa shape index (κ1) is 22.4. The highest BCUT2D eigenvalue weighted by atomic mass is 35.5. The Bertz CT molecular complexity index is 847. The summed E-state index contributed by atoms with van der Waals surface area (Å²) in [6.45, 7) is 7.39. The number of rotatable bonds is 5. The van der Waals surface area contributed by atoms with Crippen LogP contribution in [-0.2, 0) is 4.79 Å². The number of anilines is 2. The van der Waals surface area contributed by atoms with E-state index >= 15 is 0 Å². The fourth-order valence-corrected chi connectivity index (χ4v) is 7.86. The van der Waals surface area contributed by atoms with E-state index in [2.05, 4.69) is 27.4 Å². The summed E-state index contributed by atoms with van der Waals surface area (Å²) in [4.78, 5) is 17.6. The first-order valence-electron chi connectivity index (χ1n) is 12.3. The van der Waals surface area contributed by atoms with E-state index in [9.17, 15) is 4.79 Å². The number of hydrogen-bond donors (Lipinski definition) is 2. The number of benzene rings is 1. The highest BCUT2D eigenvalue weighted by Gasteiger charge is 2.51. The van der Waals surface area contributed by atoms with Gasteiger partial charge in [0, 0.05) is 38.3 Å². The normalized spacial score (nSPS) is 31.6. The Hall–Kier alpha value is -1.37. The smallest absolute Gasteiger partial charge is 0.226 e. The summed E-state index contributed by atoms with van der Waals surface area (Å²) in [5.41, 5.74) is 2.09. The number of hydrogen-bond acceptors (Lipinski definition) is 4. The lowest BCUT2D eigenvalue weighted by Crippen LogP contribution is -2.48. The van der Waals surface area contributed by atoms with E-state index in [1.807, 2.05) is 18.2 Å². The van der Waals surface area contributed by atoms with Gasteiger partial charge in [-0.1, -0.05) is 18.5 Å². The van der Waals surface area contributed by atoms with E-state index in [0.29, 0.717) is 16.6 Å². The van der Waals surface area contributed by atoms with E-state index < -0.39 is 0 Å². The van der Waals surface area contributed by atoms with E-state index in [-0.39, 0.29) is 11.3 Å². The molecule has 0 spiro atoms. The Morgan fingerprint density at radius 2 is 1.72 bits per heavy atom. The second-order valence-electron chi connectivity index (χ2n) is 10.7. The maximum absolute atomic E-state index is 12.8. The van der Waals surface area contributed by atoms with Crippen molar-refractivity contribution in [3.05, 3.63) is 23.2 Å². The molecule has 1 heterocycles. The number of nitrogens with zero attached hydrogens (tertiary/aromatic N) is 2. The van der Waals surface area contributed by atoms with Crippen molar-refractivity contribution in [3.8, 4) is 0 Å². The van der Waals surface area contributed by atoms with Crippen LogP contribution in [0.15, 0.2) is 18.2 Å². The third kappa shape index (κ3) is 4.78. The SMILES string of the molecule is CCN1CCN(c2ccc(NC(=S)NC(=O)CC34CC5CC(CC(C5)C3)C4)cc2Cl)CC1. The maximum Gasteiger partial charge on any atom is 0.226 e. The van der Waals surface area contributed by atoms with Crippen molar-refractivity contribution in [2.45, 2.75) is 51.9 Å². The molecule has 1 aromatic carbocycles. The first-order valence-corrected chi connectivity index (χ1v) is 13.1. The average molecular weight is 475 g/mol. The predicted octanol–water partition coefficient (Wildman–Crippen LogP) is 4.90. The van der Waals surface area contributed by atoms with E-state index in [0.717, 1.165) is 61.9 Å². The van der Waals surface area contributed by atoms with Crippen LogP contribution < -0.4 is 15.5 Å². The molecule has 0 aromatic heterocycles. The van der Waals surface area contributed by atoms with E-state index in [1.54, 1.807) is 0 Å². The zero-order valence-electron chi connectivity index (χ0n) is 19.0. The molecule has 5 fully saturated rings.